The van der Waals surface area contributed by atoms with Crippen molar-refractivity contribution in [3.8, 4) is 22.9 Å². The maximum Gasteiger partial charge on any atom is 0.250 e. The van der Waals surface area contributed by atoms with Gasteiger partial charge >= 0.3 is 0 Å². The Hall–Kier alpha value is -0.430. The SMILES string of the molecule is COc1ccc(-c2nc(C(Cl)(Cl)Cl)nc(C(Cl)(Cl)Cl)n2)c(OC)c1. The molecule has 0 saturated heterocycles. The van der Waals surface area contributed by atoms with Crippen LogP contribution in [0.25, 0.3) is 11.4 Å². The first-order chi connectivity index (χ1) is 11.1. The number of ether oxygens (including phenoxy) is 2. The van der Waals surface area contributed by atoms with Crippen LogP contribution in [0.3, 0.4) is 0 Å². The van der Waals surface area contributed by atoms with Gasteiger partial charge in [0, 0.05) is 6.07 Å². The largest absolute Gasteiger partial charge is 0.497 e. The molecule has 1 aromatic heterocycles. The van der Waals surface area contributed by atoms with E-state index >= 15 is 0 Å². The lowest BCUT2D eigenvalue weighted by atomic mass is 10.1. The van der Waals surface area contributed by atoms with Gasteiger partial charge in [0.1, 0.15) is 11.5 Å². The molecule has 0 amide bonds. The van der Waals surface area contributed by atoms with Crippen molar-refractivity contribution in [1.82, 2.24) is 15.0 Å². The lowest BCUT2D eigenvalue weighted by Crippen LogP contribution is -2.17. The highest BCUT2D eigenvalue weighted by molar-refractivity contribution is 6.67. The van der Waals surface area contributed by atoms with E-state index < -0.39 is 7.59 Å². The second-order valence-electron chi connectivity index (χ2n) is 4.37. The minimum atomic E-state index is -1.93. The Balaban J connectivity index is 2.70. The fourth-order valence-electron chi connectivity index (χ4n) is 1.73. The van der Waals surface area contributed by atoms with Crippen LogP contribution in [0.1, 0.15) is 11.6 Å². The lowest BCUT2D eigenvalue weighted by Gasteiger charge is -2.16. The van der Waals surface area contributed by atoms with E-state index in [1.54, 1.807) is 18.2 Å². The predicted molar refractivity (Wildman–Crippen MR) is 96.8 cm³/mol. The number of aromatic nitrogens is 3. The zero-order valence-corrected chi connectivity index (χ0v) is 16.7. The molecule has 0 aliphatic heterocycles. The second kappa shape index (κ2) is 7.44. The highest BCUT2D eigenvalue weighted by Gasteiger charge is 2.34. The van der Waals surface area contributed by atoms with Gasteiger partial charge in [0.05, 0.1) is 19.8 Å². The van der Waals surface area contributed by atoms with Gasteiger partial charge in [-0.2, -0.15) is 0 Å². The summed E-state index contributed by atoms with van der Waals surface area (Å²) in [4.78, 5) is 12.2. The number of rotatable bonds is 3. The lowest BCUT2D eigenvalue weighted by molar-refractivity contribution is 0.395. The molecule has 0 aliphatic carbocycles. The fourth-order valence-corrected chi connectivity index (χ4v) is 2.24. The summed E-state index contributed by atoms with van der Waals surface area (Å²) in [5.74, 6) is 0.750. The van der Waals surface area contributed by atoms with Gasteiger partial charge < -0.3 is 9.47 Å². The molecule has 0 bridgehead atoms. The van der Waals surface area contributed by atoms with Gasteiger partial charge in [0.15, 0.2) is 17.5 Å². The van der Waals surface area contributed by atoms with Crippen LogP contribution in [0.4, 0.5) is 0 Å². The number of hydrogen-bond acceptors (Lipinski definition) is 5. The molecule has 0 N–H and O–H groups in total. The number of methoxy groups -OCH3 is 2. The Labute approximate surface area is 168 Å². The molecule has 2 aromatic rings. The molecule has 0 radical (unpaired) electrons. The Bertz CT molecular complexity index is 713. The molecular formula is C13H9Cl6N3O2. The van der Waals surface area contributed by atoms with Gasteiger partial charge in [-0.3, -0.25) is 0 Å². The molecule has 0 fully saturated rings. The molecule has 1 aromatic carbocycles. The minimum absolute atomic E-state index is 0.118. The number of halogens is 6. The second-order valence-corrected chi connectivity index (χ2v) is 8.93. The van der Waals surface area contributed by atoms with Crippen molar-refractivity contribution in [2.24, 2.45) is 0 Å². The van der Waals surface area contributed by atoms with Crippen LogP contribution >= 0.6 is 69.6 Å². The predicted octanol–water partition coefficient (Wildman–Crippen LogP) is 5.21. The third-order valence-corrected chi connectivity index (χ3v) is 3.81. The zero-order valence-electron chi connectivity index (χ0n) is 12.2. The van der Waals surface area contributed by atoms with Gasteiger partial charge in [0.25, 0.3) is 0 Å². The number of nitrogens with zero attached hydrogens (tertiary/aromatic N) is 3. The van der Waals surface area contributed by atoms with Crippen molar-refractivity contribution >= 4 is 69.6 Å². The molecule has 0 unspecified atom stereocenters. The Morgan fingerprint density at radius 3 is 1.75 bits per heavy atom. The van der Waals surface area contributed by atoms with E-state index in [0.29, 0.717) is 17.1 Å². The fraction of sp³-hybridized carbons (Fsp3) is 0.308. The van der Waals surface area contributed by atoms with Crippen molar-refractivity contribution in [3.63, 3.8) is 0 Å². The summed E-state index contributed by atoms with van der Waals surface area (Å²) in [5.41, 5.74) is 0.478. The maximum atomic E-state index is 5.86. The van der Waals surface area contributed by atoms with Gasteiger partial charge in [-0.15, -0.1) is 0 Å². The first-order valence-corrected chi connectivity index (χ1v) is 8.46. The van der Waals surface area contributed by atoms with Crippen molar-refractivity contribution < 1.29 is 9.47 Å². The smallest absolute Gasteiger partial charge is 0.250 e. The molecule has 1 heterocycles. The average Bonchev–Trinajstić information content (AvgIpc) is 2.52. The van der Waals surface area contributed by atoms with E-state index in [9.17, 15) is 0 Å². The highest BCUT2D eigenvalue weighted by Crippen LogP contribution is 2.41. The summed E-state index contributed by atoms with van der Waals surface area (Å²) in [6.07, 6.45) is 0. The summed E-state index contributed by atoms with van der Waals surface area (Å²) >= 11 is 35.2. The Morgan fingerprint density at radius 1 is 0.792 bits per heavy atom. The van der Waals surface area contributed by atoms with E-state index in [2.05, 4.69) is 15.0 Å². The molecule has 0 aliphatic rings. The Morgan fingerprint density at radius 2 is 1.33 bits per heavy atom. The van der Waals surface area contributed by atoms with Crippen LogP contribution in [-0.2, 0) is 7.59 Å². The topological polar surface area (TPSA) is 57.1 Å². The molecule has 0 atom stereocenters. The van der Waals surface area contributed by atoms with Crippen LogP contribution in [0.15, 0.2) is 18.2 Å². The van der Waals surface area contributed by atoms with E-state index in [1.807, 2.05) is 0 Å². The quantitative estimate of drug-likeness (QED) is 0.599. The minimum Gasteiger partial charge on any atom is -0.497 e. The average molecular weight is 452 g/mol. The van der Waals surface area contributed by atoms with Crippen molar-refractivity contribution in [3.05, 3.63) is 29.8 Å². The summed E-state index contributed by atoms with van der Waals surface area (Å²) in [6, 6.07) is 4.99. The van der Waals surface area contributed by atoms with E-state index in [-0.39, 0.29) is 17.5 Å². The standard InChI is InChI=1S/C13H9Cl6N3O2/c1-23-6-3-4-7(8(5-6)24-2)9-20-10(12(14,15)16)22-11(21-9)13(17,18)19/h3-5H,1-2H3. The first-order valence-electron chi connectivity index (χ1n) is 6.19. The number of benzene rings is 1. The molecule has 5 nitrogen and oxygen atoms in total. The first kappa shape index (κ1) is 19.9. The van der Waals surface area contributed by atoms with Crippen LogP contribution < -0.4 is 9.47 Å². The van der Waals surface area contributed by atoms with Crippen molar-refractivity contribution in [1.29, 1.82) is 0 Å². The summed E-state index contributed by atoms with van der Waals surface area (Å²) < 4.78 is 6.60. The van der Waals surface area contributed by atoms with Gasteiger partial charge in [0.2, 0.25) is 7.59 Å². The van der Waals surface area contributed by atoms with Crippen LogP contribution in [-0.4, -0.2) is 29.2 Å². The molecule has 0 spiro atoms. The molecule has 24 heavy (non-hydrogen) atoms. The monoisotopic (exact) mass is 449 g/mol. The van der Waals surface area contributed by atoms with Crippen molar-refractivity contribution in [2.45, 2.75) is 7.59 Å². The molecule has 130 valence electrons. The number of alkyl halides is 6. The van der Waals surface area contributed by atoms with Gasteiger partial charge in [-0.05, 0) is 12.1 Å². The molecule has 11 heteroatoms. The van der Waals surface area contributed by atoms with Crippen LogP contribution in [0.5, 0.6) is 11.5 Å². The van der Waals surface area contributed by atoms with E-state index in [4.69, 9.17) is 79.1 Å². The summed E-state index contributed by atoms with van der Waals surface area (Å²) in [7, 11) is 3.00. The van der Waals surface area contributed by atoms with Gasteiger partial charge in [-0.1, -0.05) is 69.6 Å². The normalized spacial score (nSPS) is 12.2. The zero-order chi connectivity index (χ0) is 18.1. The highest BCUT2D eigenvalue weighted by atomic mass is 35.6. The third-order valence-electron chi connectivity index (χ3n) is 2.79. The maximum absolute atomic E-state index is 5.86. The van der Waals surface area contributed by atoms with E-state index in [1.165, 1.54) is 14.2 Å². The van der Waals surface area contributed by atoms with E-state index in [0.717, 1.165) is 0 Å². The molecule has 2 rings (SSSR count). The molecular weight excluding hydrogens is 443 g/mol. The van der Waals surface area contributed by atoms with Crippen LogP contribution in [0, 0.1) is 0 Å². The summed E-state index contributed by atoms with van der Waals surface area (Å²) in [6.45, 7) is 0. The molecule has 0 saturated carbocycles. The number of hydrogen-bond donors (Lipinski definition) is 0. The Kier molecular flexibility index (Phi) is 6.17. The summed E-state index contributed by atoms with van der Waals surface area (Å²) in [5, 5.41) is 0. The third kappa shape index (κ3) is 4.59. The van der Waals surface area contributed by atoms with Crippen molar-refractivity contribution in [2.75, 3.05) is 14.2 Å². The van der Waals surface area contributed by atoms with Crippen LogP contribution in [0.2, 0.25) is 0 Å². The van der Waals surface area contributed by atoms with Gasteiger partial charge in [-0.25, -0.2) is 15.0 Å².